The summed E-state index contributed by atoms with van der Waals surface area (Å²) in [6.07, 6.45) is 0. The average Bonchev–Trinajstić information content (AvgIpc) is 2.34. The van der Waals surface area contributed by atoms with Crippen LogP contribution in [-0.2, 0) is 0 Å². The summed E-state index contributed by atoms with van der Waals surface area (Å²) in [4.78, 5) is 0. The molecule has 0 aliphatic heterocycles. The fourth-order valence-electron chi connectivity index (χ4n) is 0.542. The lowest BCUT2D eigenvalue weighted by molar-refractivity contribution is 1.22. The number of hydrogen-bond acceptors (Lipinski definition) is 2. The van der Waals surface area contributed by atoms with Gasteiger partial charge < -0.3 is 0 Å². The summed E-state index contributed by atoms with van der Waals surface area (Å²) in [5.74, 6) is 0. The Labute approximate surface area is 76.4 Å². The average molecular weight is 237 g/mol. The molecule has 52 valence electrons. The van der Waals surface area contributed by atoms with Crippen LogP contribution in [0.1, 0.15) is 10.9 Å². The zero-order valence-electron chi connectivity index (χ0n) is 4.84. The largest absolute Gasteiger partial charge is 0.196 e. The van der Waals surface area contributed by atoms with Crippen molar-refractivity contribution in [3.8, 4) is 6.07 Å². The summed E-state index contributed by atoms with van der Waals surface area (Å²) in [6, 6.07) is 1.95. The molecular weight excluding hydrogens is 233 g/mol. The second kappa shape index (κ2) is 3.38. The number of thiophene rings is 1. The third-order valence-electron chi connectivity index (χ3n) is 1.03. The second-order valence-electron chi connectivity index (χ2n) is 1.67. The van der Waals surface area contributed by atoms with Gasteiger partial charge in [0, 0.05) is 15.4 Å². The lowest BCUT2D eigenvalue weighted by atomic mass is 10.3. The number of nitrogens with zero attached hydrogens (tertiary/aromatic N) is 1. The van der Waals surface area contributed by atoms with Gasteiger partial charge in [-0.1, -0.05) is 0 Å². The molecule has 0 spiro atoms. The predicted octanol–water partition coefficient (Wildman–Crippen LogP) is 3.31. The van der Waals surface area contributed by atoms with E-state index in [2.05, 4.69) is 15.9 Å². The standard InChI is InChI=1S/C6H3BrClNS/c7-5-3-10-2-4(5)6(8)1-9/h2-3,6H. The second-order valence-corrected chi connectivity index (χ2v) is 3.70. The Morgan fingerprint density at radius 2 is 2.40 bits per heavy atom. The highest BCUT2D eigenvalue weighted by atomic mass is 79.9. The first-order chi connectivity index (χ1) is 4.75. The SMILES string of the molecule is N#CC(Cl)c1cscc1Br. The Kier molecular flexibility index (Phi) is 2.72. The molecule has 0 radical (unpaired) electrons. The van der Waals surface area contributed by atoms with Crippen LogP contribution < -0.4 is 0 Å². The van der Waals surface area contributed by atoms with E-state index in [4.69, 9.17) is 16.9 Å². The minimum absolute atomic E-state index is 0.527. The van der Waals surface area contributed by atoms with Crippen LogP contribution in [0, 0.1) is 11.3 Å². The molecule has 0 amide bonds. The van der Waals surface area contributed by atoms with Gasteiger partial charge in [0.15, 0.2) is 0 Å². The van der Waals surface area contributed by atoms with Crippen LogP contribution in [0.3, 0.4) is 0 Å². The van der Waals surface area contributed by atoms with Gasteiger partial charge in [0.1, 0.15) is 5.38 Å². The molecule has 10 heavy (non-hydrogen) atoms. The van der Waals surface area contributed by atoms with Crippen molar-refractivity contribution in [2.45, 2.75) is 5.38 Å². The maximum absolute atomic E-state index is 8.43. The molecule has 0 fully saturated rings. The molecule has 0 aliphatic rings. The predicted molar refractivity (Wildman–Crippen MR) is 46.2 cm³/mol. The summed E-state index contributed by atoms with van der Waals surface area (Å²) in [5, 5.41) is 11.7. The number of nitriles is 1. The third kappa shape index (κ3) is 1.51. The molecule has 0 saturated carbocycles. The molecule has 1 heterocycles. The normalized spacial score (nSPS) is 12.5. The highest BCUT2D eigenvalue weighted by Gasteiger charge is 2.09. The third-order valence-corrected chi connectivity index (χ3v) is 3.11. The van der Waals surface area contributed by atoms with Gasteiger partial charge in [0.05, 0.1) is 6.07 Å². The smallest absolute Gasteiger partial charge is 0.147 e. The first-order valence-corrected chi connectivity index (χ1v) is 4.68. The Morgan fingerprint density at radius 1 is 1.70 bits per heavy atom. The van der Waals surface area contributed by atoms with Crippen molar-refractivity contribution in [3.63, 3.8) is 0 Å². The fraction of sp³-hybridized carbons (Fsp3) is 0.167. The number of halogens is 2. The Hall–Kier alpha value is -0.0400. The maximum Gasteiger partial charge on any atom is 0.147 e. The monoisotopic (exact) mass is 235 g/mol. The van der Waals surface area contributed by atoms with Crippen LogP contribution in [0.15, 0.2) is 15.2 Å². The minimum Gasteiger partial charge on any atom is -0.196 e. The highest BCUT2D eigenvalue weighted by molar-refractivity contribution is 9.10. The quantitative estimate of drug-likeness (QED) is 0.686. The van der Waals surface area contributed by atoms with Crippen LogP contribution in [0.2, 0.25) is 0 Å². The number of rotatable bonds is 1. The van der Waals surface area contributed by atoms with E-state index < -0.39 is 5.38 Å². The van der Waals surface area contributed by atoms with Crippen molar-refractivity contribution in [1.29, 1.82) is 5.26 Å². The summed E-state index contributed by atoms with van der Waals surface area (Å²) in [7, 11) is 0. The van der Waals surface area contributed by atoms with Crippen molar-refractivity contribution in [1.82, 2.24) is 0 Å². The van der Waals surface area contributed by atoms with E-state index in [-0.39, 0.29) is 0 Å². The first-order valence-electron chi connectivity index (χ1n) is 2.51. The van der Waals surface area contributed by atoms with Crippen molar-refractivity contribution in [2.75, 3.05) is 0 Å². The van der Waals surface area contributed by atoms with Crippen LogP contribution >= 0.6 is 38.9 Å². The van der Waals surface area contributed by atoms with Crippen molar-refractivity contribution < 1.29 is 0 Å². The molecule has 1 unspecified atom stereocenters. The lowest BCUT2D eigenvalue weighted by Gasteiger charge is -1.94. The summed E-state index contributed by atoms with van der Waals surface area (Å²) in [6.45, 7) is 0. The van der Waals surface area contributed by atoms with Gasteiger partial charge in [-0.3, -0.25) is 0 Å². The first kappa shape index (κ1) is 8.06. The van der Waals surface area contributed by atoms with Crippen molar-refractivity contribution >= 4 is 38.9 Å². The Morgan fingerprint density at radius 3 is 2.80 bits per heavy atom. The molecule has 0 aromatic carbocycles. The topological polar surface area (TPSA) is 23.8 Å². The molecule has 1 aromatic heterocycles. The van der Waals surface area contributed by atoms with E-state index >= 15 is 0 Å². The van der Waals surface area contributed by atoms with Gasteiger partial charge in [0.2, 0.25) is 0 Å². The van der Waals surface area contributed by atoms with Gasteiger partial charge >= 0.3 is 0 Å². The van der Waals surface area contributed by atoms with Gasteiger partial charge in [-0.2, -0.15) is 16.6 Å². The van der Waals surface area contributed by atoms with Crippen LogP contribution in [0.5, 0.6) is 0 Å². The summed E-state index contributed by atoms with van der Waals surface area (Å²) < 4.78 is 0.916. The van der Waals surface area contributed by atoms with Crippen LogP contribution in [-0.4, -0.2) is 0 Å². The number of alkyl halides is 1. The molecular formula is C6H3BrClNS. The van der Waals surface area contributed by atoms with Crippen LogP contribution in [0.25, 0.3) is 0 Å². The van der Waals surface area contributed by atoms with Gasteiger partial charge in [-0.05, 0) is 21.3 Å². The van der Waals surface area contributed by atoms with E-state index in [1.165, 1.54) is 11.3 Å². The van der Waals surface area contributed by atoms with E-state index in [1.54, 1.807) is 0 Å². The van der Waals surface area contributed by atoms with Crippen molar-refractivity contribution in [3.05, 3.63) is 20.8 Å². The van der Waals surface area contributed by atoms with E-state index in [0.29, 0.717) is 0 Å². The van der Waals surface area contributed by atoms with Crippen LogP contribution in [0.4, 0.5) is 0 Å². The van der Waals surface area contributed by atoms with E-state index in [1.807, 2.05) is 16.8 Å². The summed E-state index contributed by atoms with van der Waals surface area (Å²) >= 11 is 10.5. The lowest BCUT2D eigenvalue weighted by Crippen LogP contribution is -1.81. The summed E-state index contributed by atoms with van der Waals surface area (Å²) in [5.41, 5.74) is 0.856. The number of hydrogen-bond donors (Lipinski definition) is 0. The molecule has 0 saturated heterocycles. The highest BCUT2D eigenvalue weighted by Crippen LogP contribution is 2.30. The van der Waals surface area contributed by atoms with Crippen molar-refractivity contribution in [2.24, 2.45) is 0 Å². The molecule has 4 heteroatoms. The fourth-order valence-corrected chi connectivity index (χ4v) is 2.48. The Balaban J connectivity index is 2.96. The molecule has 0 N–H and O–H groups in total. The molecule has 1 nitrogen and oxygen atoms in total. The van der Waals surface area contributed by atoms with Gasteiger partial charge in [-0.25, -0.2) is 0 Å². The van der Waals surface area contributed by atoms with Gasteiger partial charge in [0.25, 0.3) is 0 Å². The zero-order chi connectivity index (χ0) is 7.56. The zero-order valence-corrected chi connectivity index (χ0v) is 8.00. The maximum atomic E-state index is 8.43. The molecule has 0 bridgehead atoms. The molecule has 0 aliphatic carbocycles. The minimum atomic E-state index is -0.527. The molecule has 1 aromatic rings. The molecule has 1 rings (SSSR count). The Bertz CT molecular complexity index is 265. The molecule has 1 atom stereocenters. The van der Waals surface area contributed by atoms with E-state index in [9.17, 15) is 0 Å². The van der Waals surface area contributed by atoms with E-state index in [0.717, 1.165) is 10.0 Å². The van der Waals surface area contributed by atoms with Gasteiger partial charge in [-0.15, -0.1) is 11.6 Å².